The number of likely N-dealkylation sites (tertiary alicyclic amines) is 2. The summed E-state index contributed by atoms with van der Waals surface area (Å²) in [4.78, 5) is 29.0. The summed E-state index contributed by atoms with van der Waals surface area (Å²) < 4.78 is 5.34. The molecule has 0 N–H and O–H groups in total. The number of carbonyl (C=O) groups excluding carboxylic acids is 2. The molecular weight excluding hydrogens is 354 g/mol. The van der Waals surface area contributed by atoms with Gasteiger partial charge in [-0.1, -0.05) is 49.3 Å². The molecule has 2 aromatic rings. The van der Waals surface area contributed by atoms with Gasteiger partial charge in [-0.05, 0) is 11.5 Å². The van der Waals surface area contributed by atoms with Gasteiger partial charge in [0.05, 0.1) is 6.04 Å². The molecule has 1 aromatic heterocycles. The minimum absolute atomic E-state index is 0.0234. The smallest absolute Gasteiger partial charge is 0.276 e. The molecule has 0 unspecified atom stereocenters. The number of benzene rings is 1. The van der Waals surface area contributed by atoms with Gasteiger partial charge in [0.15, 0.2) is 5.69 Å². The first-order chi connectivity index (χ1) is 13.4. The largest absolute Gasteiger partial charge is 0.361 e. The van der Waals surface area contributed by atoms with Crippen LogP contribution in [0.5, 0.6) is 0 Å². The quantitative estimate of drug-likeness (QED) is 0.816. The van der Waals surface area contributed by atoms with Gasteiger partial charge in [-0.25, -0.2) is 0 Å². The molecule has 2 aliphatic rings. The maximum atomic E-state index is 13.0. The van der Waals surface area contributed by atoms with Crippen LogP contribution in [0.4, 0.5) is 0 Å². The van der Waals surface area contributed by atoms with Crippen LogP contribution in [0.3, 0.4) is 0 Å². The van der Waals surface area contributed by atoms with Crippen molar-refractivity contribution < 1.29 is 14.1 Å². The third-order valence-corrected chi connectivity index (χ3v) is 5.88. The van der Waals surface area contributed by atoms with Crippen molar-refractivity contribution in [2.24, 2.45) is 17.8 Å². The lowest BCUT2D eigenvalue weighted by atomic mass is 9.89. The van der Waals surface area contributed by atoms with Crippen molar-refractivity contribution in [3.8, 4) is 0 Å². The van der Waals surface area contributed by atoms with E-state index in [2.05, 4.69) is 31.1 Å². The second-order valence-corrected chi connectivity index (χ2v) is 8.44. The Balaban J connectivity index is 1.52. The molecule has 2 amide bonds. The van der Waals surface area contributed by atoms with E-state index in [-0.39, 0.29) is 23.8 Å². The molecule has 0 saturated carbocycles. The Kier molecular flexibility index (Phi) is 4.96. The number of hydrogen-bond donors (Lipinski definition) is 0. The zero-order valence-electron chi connectivity index (χ0n) is 16.7. The van der Waals surface area contributed by atoms with Crippen LogP contribution >= 0.6 is 0 Å². The molecular formula is C22H27N3O3. The first-order valence-electron chi connectivity index (χ1n) is 10.0. The molecule has 0 bridgehead atoms. The Hall–Kier alpha value is -2.63. The topological polar surface area (TPSA) is 66.7 Å². The van der Waals surface area contributed by atoms with Crippen molar-refractivity contribution >= 4 is 11.8 Å². The SMILES string of the molecule is CC(=O)N1C[C@H]2CN(C(=O)c3cc(CC(C)C)on3)C[C@H]2[C@H]1c1ccccc1. The van der Waals surface area contributed by atoms with Crippen LogP contribution in [0.2, 0.25) is 0 Å². The average Bonchev–Trinajstić information content (AvgIpc) is 3.35. The summed E-state index contributed by atoms with van der Waals surface area (Å²) in [5, 5.41) is 4.00. The Bertz CT molecular complexity index is 861. The molecule has 2 saturated heterocycles. The van der Waals surface area contributed by atoms with Crippen molar-refractivity contribution in [1.82, 2.24) is 15.0 Å². The van der Waals surface area contributed by atoms with E-state index in [0.29, 0.717) is 37.2 Å². The molecule has 6 heteroatoms. The molecule has 28 heavy (non-hydrogen) atoms. The number of hydrogen-bond acceptors (Lipinski definition) is 4. The van der Waals surface area contributed by atoms with E-state index in [0.717, 1.165) is 17.7 Å². The first kappa shape index (κ1) is 18.7. The molecule has 0 spiro atoms. The van der Waals surface area contributed by atoms with Gasteiger partial charge >= 0.3 is 0 Å². The maximum Gasteiger partial charge on any atom is 0.276 e. The minimum atomic E-state index is -0.0747. The van der Waals surface area contributed by atoms with E-state index in [1.54, 1.807) is 13.0 Å². The van der Waals surface area contributed by atoms with Crippen LogP contribution in [0.15, 0.2) is 40.9 Å². The van der Waals surface area contributed by atoms with Crippen molar-refractivity contribution in [1.29, 1.82) is 0 Å². The summed E-state index contributed by atoms with van der Waals surface area (Å²) in [5.41, 5.74) is 1.52. The van der Waals surface area contributed by atoms with Crippen molar-refractivity contribution in [3.05, 3.63) is 53.4 Å². The third-order valence-electron chi connectivity index (χ3n) is 5.88. The summed E-state index contributed by atoms with van der Waals surface area (Å²) in [6, 6.07) is 11.9. The molecule has 1 aromatic carbocycles. The first-order valence-corrected chi connectivity index (χ1v) is 10.0. The molecule has 3 heterocycles. The third kappa shape index (κ3) is 3.43. The molecule has 3 atom stereocenters. The van der Waals surface area contributed by atoms with Gasteiger partial charge in [0.1, 0.15) is 5.76 Å². The number of rotatable bonds is 4. The van der Waals surface area contributed by atoms with Crippen LogP contribution in [0.1, 0.15) is 48.6 Å². The van der Waals surface area contributed by atoms with E-state index in [1.165, 1.54) is 0 Å². The molecule has 6 nitrogen and oxygen atoms in total. The highest BCUT2D eigenvalue weighted by Gasteiger charge is 2.49. The summed E-state index contributed by atoms with van der Waals surface area (Å²) in [7, 11) is 0. The number of aromatic nitrogens is 1. The Morgan fingerprint density at radius 1 is 1.18 bits per heavy atom. The van der Waals surface area contributed by atoms with Gasteiger partial charge in [-0.3, -0.25) is 9.59 Å². The lowest BCUT2D eigenvalue weighted by Crippen LogP contribution is -2.36. The van der Waals surface area contributed by atoms with Gasteiger partial charge < -0.3 is 14.3 Å². The summed E-state index contributed by atoms with van der Waals surface area (Å²) in [6.07, 6.45) is 0.773. The van der Waals surface area contributed by atoms with Crippen molar-refractivity contribution in [3.63, 3.8) is 0 Å². The summed E-state index contributed by atoms with van der Waals surface area (Å²) in [5.74, 6) is 1.76. The highest BCUT2D eigenvalue weighted by atomic mass is 16.5. The van der Waals surface area contributed by atoms with Crippen molar-refractivity contribution in [2.75, 3.05) is 19.6 Å². The highest BCUT2D eigenvalue weighted by Crippen LogP contribution is 2.45. The molecule has 148 valence electrons. The van der Waals surface area contributed by atoms with Crippen LogP contribution in [0, 0.1) is 17.8 Å². The fraction of sp³-hybridized carbons (Fsp3) is 0.500. The van der Waals surface area contributed by atoms with E-state index >= 15 is 0 Å². The molecule has 4 rings (SSSR count). The molecule has 2 fully saturated rings. The van der Waals surface area contributed by atoms with Crippen molar-refractivity contribution in [2.45, 2.75) is 33.2 Å². The fourth-order valence-electron chi connectivity index (χ4n) is 4.69. The van der Waals surface area contributed by atoms with Gasteiger partial charge in [0.2, 0.25) is 5.91 Å². The van der Waals surface area contributed by atoms with E-state index in [4.69, 9.17) is 4.52 Å². The Morgan fingerprint density at radius 3 is 2.61 bits per heavy atom. The predicted octanol–water partition coefficient (Wildman–Crippen LogP) is 3.16. The summed E-state index contributed by atoms with van der Waals surface area (Å²) >= 11 is 0. The maximum absolute atomic E-state index is 13.0. The zero-order chi connectivity index (χ0) is 19.8. The van der Waals surface area contributed by atoms with Gasteiger partial charge in [-0.2, -0.15) is 0 Å². The van der Waals surface area contributed by atoms with Crippen LogP contribution in [-0.2, 0) is 11.2 Å². The van der Waals surface area contributed by atoms with Gasteiger partial charge in [0.25, 0.3) is 5.91 Å². The summed E-state index contributed by atoms with van der Waals surface area (Å²) in [6.45, 7) is 7.83. The number of nitrogens with zero attached hydrogens (tertiary/aromatic N) is 3. The standard InChI is InChI=1S/C22H27N3O3/c1-14(2)9-18-10-20(23-28-18)22(27)24-11-17-12-25(15(3)26)21(19(17)13-24)16-7-5-4-6-8-16/h4-8,10,14,17,19,21H,9,11-13H2,1-3H3/t17-,19-,21-/m1/s1. The van der Waals surface area contributed by atoms with Gasteiger partial charge in [0, 0.05) is 50.9 Å². The molecule has 0 aliphatic carbocycles. The minimum Gasteiger partial charge on any atom is -0.361 e. The monoisotopic (exact) mass is 381 g/mol. The van der Waals surface area contributed by atoms with Crippen LogP contribution in [-0.4, -0.2) is 46.4 Å². The van der Waals surface area contributed by atoms with E-state index < -0.39 is 0 Å². The predicted molar refractivity (Wildman–Crippen MR) is 104 cm³/mol. The second kappa shape index (κ2) is 7.41. The zero-order valence-corrected chi connectivity index (χ0v) is 16.7. The fourth-order valence-corrected chi connectivity index (χ4v) is 4.69. The average molecular weight is 381 g/mol. The van der Waals surface area contributed by atoms with E-state index in [1.807, 2.05) is 28.0 Å². The molecule has 2 aliphatic heterocycles. The van der Waals surface area contributed by atoms with E-state index in [9.17, 15) is 9.59 Å². The second-order valence-electron chi connectivity index (χ2n) is 8.44. The van der Waals surface area contributed by atoms with Gasteiger partial charge in [-0.15, -0.1) is 0 Å². The molecule has 0 radical (unpaired) electrons. The number of fused-ring (bicyclic) bond motifs is 1. The highest BCUT2D eigenvalue weighted by molar-refractivity contribution is 5.92. The lowest BCUT2D eigenvalue weighted by molar-refractivity contribution is -0.130. The Morgan fingerprint density at radius 2 is 1.93 bits per heavy atom. The number of carbonyl (C=O) groups is 2. The Labute approximate surface area is 165 Å². The number of amides is 2. The normalized spacial score (nSPS) is 24.1. The van der Waals surface area contributed by atoms with Crippen LogP contribution < -0.4 is 0 Å². The van der Waals surface area contributed by atoms with Crippen LogP contribution in [0.25, 0.3) is 0 Å². The lowest BCUT2D eigenvalue weighted by Gasteiger charge is -2.29.